The number of H-pyrrole nitrogens is 1. The van der Waals surface area contributed by atoms with Gasteiger partial charge in [0.1, 0.15) is 18.4 Å². The van der Waals surface area contributed by atoms with Crippen LogP contribution >= 0.6 is 0 Å². The molecule has 0 aliphatic rings. The van der Waals surface area contributed by atoms with Gasteiger partial charge in [-0.2, -0.15) is 5.10 Å². The lowest BCUT2D eigenvalue weighted by atomic mass is 10.1. The molecule has 0 saturated carbocycles. The second kappa shape index (κ2) is 6.04. The van der Waals surface area contributed by atoms with E-state index in [4.69, 9.17) is 4.42 Å². The first-order valence-corrected chi connectivity index (χ1v) is 6.51. The SMILES string of the molecule is O=C(C=C(O)c1nc[nH]n1)c1coc(Cc2ccccn2)c1. The first kappa shape index (κ1) is 13.7. The standard InChI is InChI=1S/C15H12N4O3/c20-13(7-14(21)15-17-9-18-19-15)10-5-12(22-8-10)6-11-3-1-2-4-16-11/h1-5,7-9,21H,6H2,(H,17,18,19). The monoisotopic (exact) mass is 296 g/mol. The Kier molecular flexibility index (Phi) is 3.78. The highest BCUT2D eigenvalue weighted by atomic mass is 16.3. The third-order valence-corrected chi connectivity index (χ3v) is 2.93. The number of aromatic amines is 1. The molecule has 0 aliphatic heterocycles. The Labute approximate surface area is 125 Å². The molecule has 7 nitrogen and oxygen atoms in total. The van der Waals surface area contributed by atoms with E-state index < -0.39 is 5.78 Å². The molecule has 0 aliphatic carbocycles. The minimum atomic E-state index is -0.390. The van der Waals surface area contributed by atoms with Gasteiger partial charge in [-0.25, -0.2) is 4.98 Å². The van der Waals surface area contributed by atoms with Crippen LogP contribution in [0.5, 0.6) is 0 Å². The zero-order chi connectivity index (χ0) is 15.4. The highest BCUT2D eigenvalue weighted by Gasteiger charge is 2.12. The molecule has 7 heteroatoms. The van der Waals surface area contributed by atoms with Crippen LogP contribution in [0.25, 0.3) is 5.76 Å². The topological polar surface area (TPSA) is 105 Å². The van der Waals surface area contributed by atoms with E-state index in [0.717, 1.165) is 11.8 Å². The molecule has 0 unspecified atom stereocenters. The average Bonchev–Trinajstić information content (AvgIpc) is 3.19. The molecule has 2 N–H and O–H groups in total. The maximum atomic E-state index is 12.0. The number of nitrogens with one attached hydrogen (secondary N) is 1. The van der Waals surface area contributed by atoms with E-state index in [1.807, 2.05) is 18.2 Å². The van der Waals surface area contributed by atoms with Gasteiger partial charge in [-0.1, -0.05) is 6.07 Å². The van der Waals surface area contributed by atoms with Crippen molar-refractivity contribution >= 4 is 11.5 Å². The Hall–Kier alpha value is -3.22. The fourth-order valence-electron chi connectivity index (χ4n) is 1.89. The van der Waals surface area contributed by atoms with E-state index in [2.05, 4.69) is 20.2 Å². The number of pyridine rings is 1. The number of hydrogen-bond acceptors (Lipinski definition) is 6. The quantitative estimate of drug-likeness (QED) is 0.424. The van der Waals surface area contributed by atoms with Gasteiger partial charge in [-0.3, -0.25) is 14.9 Å². The minimum absolute atomic E-state index is 0.0607. The molecule has 3 heterocycles. The van der Waals surface area contributed by atoms with Crippen LogP contribution in [0, 0.1) is 0 Å². The van der Waals surface area contributed by atoms with Gasteiger partial charge < -0.3 is 9.52 Å². The zero-order valence-corrected chi connectivity index (χ0v) is 11.4. The zero-order valence-electron chi connectivity index (χ0n) is 11.4. The number of rotatable bonds is 5. The summed E-state index contributed by atoms with van der Waals surface area (Å²) in [5.41, 5.74) is 1.18. The maximum Gasteiger partial charge on any atom is 0.215 e. The van der Waals surface area contributed by atoms with Crippen LogP contribution in [0.3, 0.4) is 0 Å². The van der Waals surface area contributed by atoms with Gasteiger partial charge >= 0.3 is 0 Å². The third kappa shape index (κ3) is 3.09. The Morgan fingerprint density at radius 3 is 3.00 bits per heavy atom. The van der Waals surface area contributed by atoms with Gasteiger partial charge in [0, 0.05) is 24.4 Å². The molecule has 22 heavy (non-hydrogen) atoms. The second-order valence-corrected chi connectivity index (χ2v) is 4.52. The lowest BCUT2D eigenvalue weighted by Gasteiger charge is -1.95. The van der Waals surface area contributed by atoms with E-state index in [9.17, 15) is 9.90 Å². The number of hydrogen-bond donors (Lipinski definition) is 2. The van der Waals surface area contributed by atoms with Gasteiger partial charge in [-0.05, 0) is 18.2 Å². The van der Waals surface area contributed by atoms with Gasteiger partial charge in [0.25, 0.3) is 0 Å². The molecule has 3 aromatic rings. The fourth-order valence-corrected chi connectivity index (χ4v) is 1.89. The molecule has 0 atom stereocenters. The summed E-state index contributed by atoms with van der Waals surface area (Å²) < 4.78 is 5.35. The van der Waals surface area contributed by atoms with E-state index in [1.54, 1.807) is 12.3 Å². The van der Waals surface area contributed by atoms with Gasteiger partial charge in [0.15, 0.2) is 11.5 Å². The highest BCUT2D eigenvalue weighted by molar-refractivity contribution is 6.07. The summed E-state index contributed by atoms with van der Waals surface area (Å²) in [6.45, 7) is 0. The van der Waals surface area contributed by atoms with Crippen LogP contribution in [0.15, 0.2) is 53.5 Å². The molecule has 110 valence electrons. The van der Waals surface area contributed by atoms with Crippen molar-refractivity contribution in [3.63, 3.8) is 0 Å². The summed E-state index contributed by atoms with van der Waals surface area (Å²) in [7, 11) is 0. The minimum Gasteiger partial charge on any atom is -0.504 e. The first-order valence-electron chi connectivity index (χ1n) is 6.51. The lowest BCUT2D eigenvalue weighted by molar-refractivity contribution is 0.104. The predicted octanol–water partition coefficient (Wildman–Crippen LogP) is 2.17. The number of furan rings is 1. The summed E-state index contributed by atoms with van der Waals surface area (Å²) in [6.07, 6.45) is 5.90. The van der Waals surface area contributed by atoms with Crippen molar-refractivity contribution in [1.29, 1.82) is 0 Å². The van der Waals surface area contributed by atoms with Gasteiger partial charge in [0.05, 0.1) is 5.56 Å². The Bertz CT molecular complexity index is 791. The normalized spacial score (nSPS) is 11.5. The van der Waals surface area contributed by atoms with Crippen molar-refractivity contribution in [2.24, 2.45) is 0 Å². The lowest BCUT2D eigenvalue weighted by Crippen LogP contribution is -1.96. The molecule has 0 aromatic carbocycles. The van der Waals surface area contributed by atoms with Crippen LogP contribution in [-0.4, -0.2) is 31.1 Å². The summed E-state index contributed by atoms with van der Waals surface area (Å²) in [5.74, 6) is -0.0181. The van der Waals surface area contributed by atoms with E-state index in [1.165, 1.54) is 12.6 Å². The van der Waals surface area contributed by atoms with Gasteiger partial charge in [0.2, 0.25) is 5.82 Å². The molecule has 0 radical (unpaired) electrons. The highest BCUT2D eigenvalue weighted by Crippen LogP contribution is 2.14. The average molecular weight is 296 g/mol. The smallest absolute Gasteiger partial charge is 0.215 e. The Balaban J connectivity index is 1.73. The third-order valence-electron chi connectivity index (χ3n) is 2.93. The van der Waals surface area contributed by atoms with Crippen molar-refractivity contribution < 1.29 is 14.3 Å². The molecule has 0 fully saturated rings. The molecule has 3 rings (SSSR count). The summed E-state index contributed by atoms with van der Waals surface area (Å²) >= 11 is 0. The molecule has 0 spiro atoms. The summed E-state index contributed by atoms with van der Waals surface area (Å²) in [6, 6.07) is 7.21. The van der Waals surface area contributed by atoms with E-state index in [-0.39, 0.29) is 11.6 Å². The van der Waals surface area contributed by atoms with E-state index >= 15 is 0 Å². The second-order valence-electron chi connectivity index (χ2n) is 4.52. The number of aliphatic hydroxyl groups is 1. The first-order chi connectivity index (χ1) is 10.7. The van der Waals surface area contributed by atoms with Crippen molar-refractivity contribution in [1.82, 2.24) is 20.2 Å². The van der Waals surface area contributed by atoms with E-state index in [0.29, 0.717) is 17.7 Å². The fraction of sp³-hybridized carbons (Fsp3) is 0.0667. The van der Waals surface area contributed by atoms with Gasteiger partial charge in [-0.15, -0.1) is 0 Å². The number of nitrogens with zero attached hydrogens (tertiary/aromatic N) is 3. The Morgan fingerprint density at radius 1 is 1.36 bits per heavy atom. The number of allylic oxidation sites excluding steroid dienone is 1. The number of carbonyl (C=O) groups excluding carboxylic acids is 1. The van der Waals surface area contributed by atoms with Crippen molar-refractivity contribution in [3.8, 4) is 0 Å². The molecule has 0 amide bonds. The number of aromatic nitrogens is 4. The summed E-state index contributed by atoms with van der Waals surface area (Å²) in [4.78, 5) is 20.0. The van der Waals surface area contributed by atoms with Crippen molar-refractivity contribution in [3.05, 3.63) is 72.0 Å². The van der Waals surface area contributed by atoms with Crippen molar-refractivity contribution in [2.45, 2.75) is 6.42 Å². The molecular formula is C15H12N4O3. The van der Waals surface area contributed by atoms with Crippen LogP contribution in [0.4, 0.5) is 0 Å². The number of ketones is 1. The largest absolute Gasteiger partial charge is 0.504 e. The van der Waals surface area contributed by atoms with Crippen LogP contribution in [-0.2, 0) is 6.42 Å². The van der Waals surface area contributed by atoms with Crippen LogP contribution in [0.2, 0.25) is 0 Å². The molecule has 3 aromatic heterocycles. The molecular weight excluding hydrogens is 284 g/mol. The summed E-state index contributed by atoms with van der Waals surface area (Å²) in [5, 5.41) is 15.9. The number of aliphatic hydroxyl groups excluding tert-OH is 1. The van der Waals surface area contributed by atoms with Crippen LogP contribution in [0.1, 0.15) is 27.6 Å². The van der Waals surface area contributed by atoms with Crippen LogP contribution < -0.4 is 0 Å². The Morgan fingerprint density at radius 2 is 2.27 bits per heavy atom. The van der Waals surface area contributed by atoms with Crippen molar-refractivity contribution in [2.75, 3.05) is 0 Å². The predicted molar refractivity (Wildman–Crippen MR) is 77.1 cm³/mol. The number of carbonyl (C=O) groups is 1. The molecule has 0 bridgehead atoms. The molecule has 0 saturated heterocycles. The maximum absolute atomic E-state index is 12.0.